The molecule has 1 aliphatic heterocycles. The predicted octanol–water partition coefficient (Wildman–Crippen LogP) is 0.647. The van der Waals surface area contributed by atoms with E-state index in [-0.39, 0.29) is 35.4 Å². The Labute approximate surface area is 208 Å². The van der Waals surface area contributed by atoms with Crippen LogP contribution in [0.5, 0.6) is 5.75 Å². The summed E-state index contributed by atoms with van der Waals surface area (Å²) < 4.78 is 24.8. The molecule has 2 atom stereocenters. The average molecular weight is 544 g/mol. The summed E-state index contributed by atoms with van der Waals surface area (Å²) in [5.74, 6) is -2.19. The van der Waals surface area contributed by atoms with Gasteiger partial charge in [0, 0.05) is 11.4 Å². The van der Waals surface area contributed by atoms with Crippen LogP contribution >= 0.6 is 19.1 Å². The number of nitrogens with one attached hydrogen (secondary N) is 1. The number of rotatable bonds is 11. The highest BCUT2D eigenvalue weighted by Gasteiger charge is 2.55. The molecule has 15 nitrogen and oxygen atoms in total. The lowest BCUT2D eigenvalue weighted by Gasteiger charge is -2.46. The van der Waals surface area contributed by atoms with Crippen molar-refractivity contribution in [3.63, 3.8) is 0 Å². The lowest BCUT2D eigenvalue weighted by atomic mass is 10.0. The normalized spacial score (nSPS) is 18.1. The number of hydrogen-bond acceptors (Lipinski definition) is 13. The van der Waals surface area contributed by atoms with Crippen molar-refractivity contribution in [3.05, 3.63) is 39.3 Å². The summed E-state index contributed by atoms with van der Waals surface area (Å²) in [6, 6.07) is -0.870. The molecule has 5 N–H and O–H groups in total. The number of pyridine rings is 1. The Bertz CT molecular complexity index is 1270. The standard InChI is InChI=1S/C19H25N6O9PS/c1-4-33-35(31,34-5-2)25-10(3)15(18(25)29)22-17(28)16(12-9-36-19(20)21-12)23-32-8-11-6-13(26)14(27)7-24(11)30/h6-7,9-10,15,27,30H,4-5,8H2,1-3H3,(H2,20,21)(H,22,28)/b23-16-/t10-,15-/m0/s1. The van der Waals surface area contributed by atoms with Crippen LogP contribution in [0.25, 0.3) is 0 Å². The van der Waals surface area contributed by atoms with Gasteiger partial charge in [0.05, 0.1) is 25.5 Å². The topological polar surface area (TPSA) is 208 Å². The van der Waals surface area contributed by atoms with Gasteiger partial charge in [-0.15, -0.1) is 11.3 Å². The molecule has 196 valence electrons. The second kappa shape index (κ2) is 11.1. The molecular formula is C19H25N6O9PS. The van der Waals surface area contributed by atoms with Crippen LogP contribution < -0.4 is 16.5 Å². The molecule has 3 heterocycles. The second-order valence-electron chi connectivity index (χ2n) is 7.32. The summed E-state index contributed by atoms with van der Waals surface area (Å²) in [6.07, 6.45) is 0.776. The number of carbonyl (C=O) groups is 2. The van der Waals surface area contributed by atoms with Gasteiger partial charge >= 0.3 is 7.75 Å². The number of oxime groups is 1. The molecule has 17 heteroatoms. The fourth-order valence-electron chi connectivity index (χ4n) is 3.26. The quantitative estimate of drug-likeness (QED) is 0.101. The van der Waals surface area contributed by atoms with Crippen LogP contribution in [-0.2, 0) is 34.6 Å². The SMILES string of the molecule is CCOP(=O)(OCC)N1C(=O)[C@@H](NC(=O)/C(=N\OCc2cc(=O)c(O)cn2O)c2csc(N)n2)[C@@H]1C. The van der Waals surface area contributed by atoms with E-state index in [0.717, 1.165) is 28.3 Å². The summed E-state index contributed by atoms with van der Waals surface area (Å²) >= 11 is 1.03. The van der Waals surface area contributed by atoms with Crippen molar-refractivity contribution in [2.75, 3.05) is 18.9 Å². The van der Waals surface area contributed by atoms with Crippen molar-refractivity contribution in [3.8, 4) is 5.75 Å². The number of thiazole rings is 1. The highest BCUT2D eigenvalue weighted by molar-refractivity contribution is 7.52. The third-order valence-corrected chi connectivity index (χ3v) is 7.86. The lowest BCUT2D eigenvalue weighted by Crippen LogP contribution is -2.68. The van der Waals surface area contributed by atoms with Gasteiger partial charge in [0.25, 0.3) is 11.8 Å². The van der Waals surface area contributed by atoms with E-state index < -0.39 is 49.4 Å². The maximum Gasteiger partial charge on any atom is 0.437 e. The molecular weight excluding hydrogens is 519 g/mol. The van der Waals surface area contributed by atoms with Gasteiger partial charge in [-0.2, -0.15) is 4.73 Å². The van der Waals surface area contributed by atoms with Crippen LogP contribution in [-0.4, -0.2) is 67.5 Å². The first kappa shape index (κ1) is 27.1. The minimum atomic E-state index is -3.88. The van der Waals surface area contributed by atoms with Gasteiger partial charge in [-0.3, -0.25) is 23.4 Å². The lowest BCUT2D eigenvalue weighted by molar-refractivity contribution is -0.145. The number of amides is 2. The number of β-lactam (4-membered cyclic amide) rings is 1. The number of nitrogens with two attached hydrogens (primary N) is 1. The monoisotopic (exact) mass is 544 g/mol. The van der Waals surface area contributed by atoms with Crippen molar-refractivity contribution < 1.29 is 38.4 Å². The number of aromatic hydroxyl groups is 1. The molecule has 1 aliphatic rings. The number of aromatic nitrogens is 2. The molecule has 0 aromatic carbocycles. The van der Waals surface area contributed by atoms with E-state index in [9.17, 15) is 29.3 Å². The van der Waals surface area contributed by atoms with Crippen molar-refractivity contribution in [1.82, 2.24) is 19.7 Å². The van der Waals surface area contributed by atoms with E-state index in [2.05, 4.69) is 15.5 Å². The fraction of sp³-hybridized carbons (Fsp3) is 0.421. The minimum absolute atomic E-state index is 0.0485. The zero-order valence-electron chi connectivity index (χ0n) is 19.5. The molecule has 0 saturated carbocycles. The van der Waals surface area contributed by atoms with Crippen LogP contribution in [0, 0.1) is 0 Å². The van der Waals surface area contributed by atoms with Crippen LogP contribution in [0.2, 0.25) is 0 Å². The van der Waals surface area contributed by atoms with E-state index in [1.165, 1.54) is 5.38 Å². The van der Waals surface area contributed by atoms with Crippen molar-refractivity contribution >= 4 is 41.7 Å². The van der Waals surface area contributed by atoms with Gasteiger partial charge in [0.2, 0.25) is 5.43 Å². The summed E-state index contributed by atoms with van der Waals surface area (Å²) in [6.45, 7) is 4.42. The van der Waals surface area contributed by atoms with E-state index in [1.54, 1.807) is 20.8 Å². The van der Waals surface area contributed by atoms with E-state index in [4.69, 9.17) is 19.6 Å². The Hall–Kier alpha value is -3.46. The largest absolute Gasteiger partial charge is 0.503 e. The van der Waals surface area contributed by atoms with Crippen molar-refractivity contribution in [2.45, 2.75) is 39.5 Å². The third kappa shape index (κ3) is 5.51. The zero-order chi connectivity index (χ0) is 26.6. The Balaban J connectivity index is 1.78. The molecule has 0 radical (unpaired) electrons. The molecule has 1 saturated heterocycles. The Morgan fingerprint density at radius 2 is 2.00 bits per heavy atom. The molecule has 36 heavy (non-hydrogen) atoms. The molecule has 2 aromatic rings. The summed E-state index contributed by atoms with van der Waals surface area (Å²) in [7, 11) is -3.88. The molecule has 0 unspecified atom stereocenters. The van der Waals surface area contributed by atoms with Crippen molar-refractivity contribution in [1.29, 1.82) is 0 Å². The Morgan fingerprint density at radius 3 is 2.56 bits per heavy atom. The maximum atomic E-state index is 13.0. The first-order valence-corrected chi connectivity index (χ1v) is 13.0. The Kier molecular flexibility index (Phi) is 8.35. The molecule has 2 aromatic heterocycles. The van der Waals surface area contributed by atoms with Crippen molar-refractivity contribution in [2.24, 2.45) is 5.16 Å². The molecule has 2 amide bonds. The van der Waals surface area contributed by atoms with Crippen LogP contribution in [0.3, 0.4) is 0 Å². The number of hydrogen-bond donors (Lipinski definition) is 4. The molecule has 0 aliphatic carbocycles. The molecule has 0 spiro atoms. The summed E-state index contributed by atoms with van der Waals surface area (Å²) in [4.78, 5) is 46.5. The van der Waals surface area contributed by atoms with Crippen LogP contribution in [0.4, 0.5) is 5.13 Å². The number of nitrogens with zero attached hydrogens (tertiary/aromatic N) is 4. The van der Waals surface area contributed by atoms with Crippen LogP contribution in [0.15, 0.2) is 27.6 Å². The summed E-state index contributed by atoms with van der Waals surface area (Å²) in [5, 5.41) is 27.0. The molecule has 1 fully saturated rings. The number of nitrogen functional groups attached to an aromatic ring is 1. The fourth-order valence-corrected chi connectivity index (χ4v) is 5.73. The summed E-state index contributed by atoms with van der Waals surface area (Å²) in [5.41, 5.74) is 4.54. The number of carbonyl (C=O) groups excluding carboxylic acids is 2. The molecule has 0 bridgehead atoms. The maximum absolute atomic E-state index is 13.0. The minimum Gasteiger partial charge on any atom is -0.503 e. The van der Waals surface area contributed by atoms with E-state index in [1.807, 2.05) is 0 Å². The van der Waals surface area contributed by atoms with Gasteiger partial charge in [-0.1, -0.05) is 5.16 Å². The highest BCUT2D eigenvalue weighted by atomic mass is 32.1. The van der Waals surface area contributed by atoms with Gasteiger partial charge in [-0.05, 0) is 20.8 Å². The molecule has 3 rings (SSSR count). The van der Waals surface area contributed by atoms with Gasteiger partial charge in [-0.25, -0.2) is 14.2 Å². The zero-order valence-corrected chi connectivity index (χ0v) is 21.2. The third-order valence-electron chi connectivity index (χ3n) is 4.93. The van der Waals surface area contributed by atoms with Crippen LogP contribution in [0.1, 0.15) is 32.2 Å². The van der Waals surface area contributed by atoms with Gasteiger partial charge in [0.15, 0.2) is 23.2 Å². The van der Waals surface area contributed by atoms with E-state index >= 15 is 0 Å². The second-order valence-corrected chi connectivity index (χ2v) is 10.1. The smallest absolute Gasteiger partial charge is 0.437 e. The number of anilines is 1. The average Bonchev–Trinajstić information content (AvgIpc) is 3.24. The predicted molar refractivity (Wildman–Crippen MR) is 127 cm³/mol. The highest BCUT2D eigenvalue weighted by Crippen LogP contribution is 2.56. The van der Waals surface area contributed by atoms with E-state index in [0.29, 0.717) is 4.73 Å². The Morgan fingerprint density at radius 1 is 1.33 bits per heavy atom. The first-order valence-electron chi connectivity index (χ1n) is 10.6. The van der Waals surface area contributed by atoms with Gasteiger partial charge < -0.3 is 26.2 Å². The first-order chi connectivity index (χ1) is 17.0. The van der Waals surface area contributed by atoms with Gasteiger partial charge in [0.1, 0.15) is 17.4 Å².